The molecule has 0 aliphatic heterocycles. The molecule has 2 aromatic rings. The van der Waals surface area contributed by atoms with Gasteiger partial charge in [-0.05, 0) is 25.5 Å². The molecule has 29 heavy (non-hydrogen) atoms. The first-order valence-corrected chi connectivity index (χ1v) is 11.4. The van der Waals surface area contributed by atoms with Gasteiger partial charge in [0.2, 0.25) is 10.0 Å². The van der Waals surface area contributed by atoms with Crippen molar-refractivity contribution in [2.45, 2.75) is 33.7 Å². The van der Waals surface area contributed by atoms with Crippen LogP contribution in [-0.2, 0) is 16.6 Å². The van der Waals surface area contributed by atoms with E-state index in [9.17, 15) is 8.42 Å². The van der Waals surface area contributed by atoms with Crippen molar-refractivity contribution in [2.24, 2.45) is 4.99 Å². The van der Waals surface area contributed by atoms with Gasteiger partial charge in [0.1, 0.15) is 5.82 Å². The first-order valence-electron chi connectivity index (χ1n) is 9.77. The summed E-state index contributed by atoms with van der Waals surface area (Å²) in [6.07, 6.45) is 0.902. The lowest BCUT2D eigenvalue weighted by atomic mass is 10.3. The fraction of sp³-hybridized carbons (Fsp3) is 0.579. The Labute approximate surface area is 191 Å². The van der Waals surface area contributed by atoms with Crippen molar-refractivity contribution >= 4 is 51.0 Å². The summed E-state index contributed by atoms with van der Waals surface area (Å²) in [5.41, 5.74) is 2.16. The molecule has 0 amide bonds. The number of rotatable bonds is 10. The average molecular weight is 536 g/mol. The van der Waals surface area contributed by atoms with E-state index in [2.05, 4.69) is 31.2 Å². The van der Waals surface area contributed by atoms with Gasteiger partial charge in [-0.1, -0.05) is 26.0 Å². The van der Waals surface area contributed by atoms with Crippen LogP contribution in [-0.4, -0.2) is 67.2 Å². The summed E-state index contributed by atoms with van der Waals surface area (Å²) in [5, 5.41) is 6.32. The second-order valence-electron chi connectivity index (χ2n) is 6.48. The maximum Gasteiger partial charge on any atom is 0.215 e. The molecule has 0 fully saturated rings. The Bertz CT molecular complexity index is 893. The van der Waals surface area contributed by atoms with Crippen LogP contribution in [0.3, 0.4) is 0 Å². The normalized spacial score (nSPS) is 12.2. The molecule has 2 rings (SSSR count). The van der Waals surface area contributed by atoms with Crippen LogP contribution in [0.2, 0.25) is 0 Å². The van der Waals surface area contributed by atoms with Crippen LogP contribution >= 0.6 is 24.0 Å². The summed E-state index contributed by atoms with van der Waals surface area (Å²) >= 11 is 0. The smallest absolute Gasteiger partial charge is 0.215 e. The van der Waals surface area contributed by atoms with Crippen molar-refractivity contribution < 1.29 is 8.42 Å². The molecule has 1 aromatic carbocycles. The molecule has 1 heterocycles. The van der Waals surface area contributed by atoms with E-state index in [4.69, 9.17) is 0 Å². The van der Waals surface area contributed by atoms with E-state index >= 15 is 0 Å². The molecule has 0 saturated heterocycles. The van der Waals surface area contributed by atoms with Gasteiger partial charge in [0.05, 0.1) is 16.8 Å². The third-order valence-corrected chi connectivity index (χ3v) is 6.69. The van der Waals surface area contributed by atoms with Gasteiger partial charge in [-0.15, -0.1) is 24.0 Å². The molecule has 164 valence electrons. The Morgan fingerprint density at radius 1 is 1.17 bits per heavy atom. The summed E-state index contributed by atoms with van der Waals surface area (Å²) in [6.45, 7) is 8.61. The van der Waals surface area contributed by atoms with Crippen molar-refractivity contribution in [3.8, 4) is 0 Å². The first kappa shape index (κ1) is 25.6. The SMILES string of the molecule is CCN(CC)S(=O)(=O)CCNC(=NC)NCCCn1c(C)nc2ccccc21.I. The Morgan fingerprint density at radius 3 is 2.48 bits per heavy atom. The number of para-hydroxylation sites is 2. The molecule has 8 nitrogen and oxygen atoms in total. The standard InChI is InChI=1S/C19H32N6O2S.HI/c1-5-24(6-2)28(26,27)15-13-22-19(20-4)21-12-9-14-25-16(3)23-17-10-7-8-11-18(17)25;/h7-8,10-11H,5-6,9,12-15H2,1-4H3,(H2,20,21,22);1H. The van der Waals surface area contributed by atoms with E-state index in [1.54, 1.807) is 7.05 Å². The molecule has 0 aliphatic rings. The second-order valence-corrected chi connectivity index (χ2v) is 8.57. The number of hydrogen-bond donors (Lipinski definition) is 2. The number of aromatic nitrogens is 2. The molecular weight excluding hydrogens is 503 g/mol. The third-order valence-electron chi connectivity index (χ3n) is 4.67. The molecule has 1 aromatic heterocycles. The molecule has 0 unspecified atom stereocenters. The predicted octanol–water partition coefficient (Wildman–Crippen LogP) is 2.19. The average Bonchev–Trinajstić information content (AvgIpc) is 2.99. The number of aryl methyl sites for hydroxylation is 2. The Hall–Kier alpha value is -1.40. The number of nitrogens with zero attached hydrogens (tertiary/aromatic N) is 4. The summed E-state index contributed by atoms with van der Waals surface area (Å²) in [4.78, 5) is 8.74. The van der Waals surface area contributed by atoms with Crippen molar-refractivity contribution in [1.29, 1.82) is 0 Å². The molecular formula is C19H33IN6O2S. The van der Waals surface area contributed by atoms with Gasteiger partial charge in [0, 0.05) is 39.8 Å². The van der Waals surface area contributed by atoms with Crippen molar-refractivity contribution in [3.05, 3.63) is 30.1 Å². The van der Waals surface area contributed by atoms with Crippen molar-refractivity contribution in [1.82, 2.24) is 24.5 Å². The number of benzene rings is 1. The summed E-state index contributed by atoms with van der Waals surface area (Å²) < 4.78 is 28.1. The molecule has 0 radical (unpaired) electrons. The van der Waals surface area contributed by atoms with Gasteiger partial charge >= 0.3 is 0 Å². The highest BCUT2D eigenvalue weighted by atomic mass is 127. The van der Waals surface area contributed by atoms with Crippen molar-refractivity contribution in [3.63, 3.8) is 0 Å². The monoisotopic (exact) mass is 536 g/mol. The highest BCUT2D eigenvalue weighted by Crippen LogP contribution is 2.15. The fourth-order valence-corrected chi connectivity index (χ4v) is 4.59. The number of nitrogens with one attached hydrogen (secondary N) is 2. The summed E-state index contributed by atoms with van der Waals surface area (Å²) in [7, 11) is -1.55. The molecule has 10 heteroatoms. The second kappa shape index (κ2) is 12.3. The maximum atomic E-state index is 12.2. The lowest BCUT2D eigenvalue weighted by Crippen LogP contribution is -2.42. The van der Waals surface area contributed by atoms with E-state index in [1.807, 2.05) is 39.0 Å². The third kappa shape index (κ3) is 7.10. The van der Waals surface area contributed by atoms with Crippen LogP contribution in [0.1, 0.15) is 26.1 Å². The predicted molar refractivity (Wildman–Crippen MR) is 131 cm³/mol. The van der Waals surface area contributed by atoms with E-state index in [0.29, 0.717) is 25.6 Å². The Balaban J connectivity index is 0.00000420. The van der Waals surface area contributed by atoms with Gasteiger partial charge in [-0.25, -0.2) is 17.7 Å². The van der Waals surface area contributed by atoms with E-state index in [0.717, 1.165) is 36.4 Å². The molecule has 0 saturated carbocycles. The van der Waals surface area contributed by atoms with Crippen LogP contribution in [0.25, 0.3) is 11.0 Å². The number of fused-ring (bicyclic) bond motifs is 1. The minimum Gasteiger partial charge on any atom is -0.356 e. The van der Waals surface area contributed by atoms with Gasteiger partial charge in [0.15, 0.2) is 5.96 Å². The lowest BCUT2D eigenvalue weighted by molar-refractivity contribution is 0.445. The largest absolute Gasteiger partial charge is 0.356 e. The number of aliphatic imine (C=N–C) groups is 1. The molecule has 0 bridgehead atoms. The molecule has 0 atom stereocenters. The van der Waals surface area contributed by atoms with Crippen LogP contribution < -0.4 is 10.6 Å². The van der Waals surface area contributed by atoms with Crippen LogP contribution in [0.4, 0.5) is 0 Å². The molecule has 2 N–H and O–H groups in total. The zero-order chi connectivity index (χ0) is 20.6. The number of guanidine groups is 1. The minimum absolute atomic E-state index is 0. The quantitative estimate of drug-likeness (QED) is 0.210. The Morgan fingerprint density at radius 2 is 1.83 bits per heavy atom. The van der Waals surface area contributed by atoms with Crippen LogP contribution in [0.15, 0.2) is 29.3 Å². The number of sulfonamides is 1. The van der Waals surface area contributed by atoms with Gasteiger partial charge in [0.25, 0.3) is 0 Å². The lowest BCUT2D eigenvalue weighted by Gasteiger charge is -2.19. The minimum atomic E-state index is -3.23. The van der Waals surface area contributed by atoms with E-state index in [1.165, 1.54) is 4.31 Å². The number of halogens is 1. The van der Waals surface area contributed by atoms with Crippen molar-refractivity contribution in [2.75, 3.05) is 39.0 Å². The highest BCUT2D eigenvalue weighted by Gasteiger charge is 2.18. The van der Waals surface area contributed by atoms with Gasteiger partial charge < -0.3 is 15.2 Å². The highest BCUT2D eigenvalue weighted by molar-refractivity contribution is 14.0. The zero-order valence-electron chi connectivity index (χ0n) is 17.7. The topological polar surface area (TPSA) is 91.6 Å². The van der Waals surface area contributed by atoms with Crippen LogP contribution in [0, 0.1) is 6.92 Å². The summed E-state index contributed by atoms with van der Waals surface area (Å²) in [6, 6.07) is 8.13. The van der Waals surface area contributed by atoms with E-state index in [-0.39, 0.29) is 29.7 Å². The molecule has 0 aliphatic carbocycles. The Kier molecular flexibility index (Phi) is 10.9. The fourth-order valence-electron chi connectivity index (χ4n) is 3.19. The van der Waals surface area contributed by atoms with E-state index < -0.39 is 10.0 Å². The number of imidazole rings is 1. The van der Waals surface area contributed by atoms with Gasteiger partial charge in [-0.2, -0.15) is 0 Å². The molecule has 0 spiro atoms. The van der Waals surface area contributed by atoms with Gasteiger partial charge in [-0.3, -0.25) is 4.99 Å². The van der Waals surface area contributed by atoms with Crippen LogP contribution in [0.5, 0.6) is 0 Å². The summed E-state index contributed by atoms with van der Waals surface area (Å²) in [5.74, 6) is 1.67. The first-order chi connectivity index (χ1) is 13.4. The zero-order valence-corrected chi connectivity index (χ0v) is 20.8. The maximum absolute atomic E-state index is 12.2. The number of hydrogen-bond acceptors (Lipinski definition) is 4.